The highest BCUT2D eigenvalue weighted by molar-refractivity contribution is 6.30. The van der Waals surface area contributed by atoms with Crippen LogP contribution in [0.1, 0.15) is 49.7 Å². The van der Waals surface area contributed by atoms with Gasteiger partial charge in [-0.2, -0.15) is 0 Å². The third-order valence-corrected chi connectivity index (χ3v) is 6.16. The number of anilines is 1. The van der Waals surface area contributed by atoms with Crippen LogP contribution in [-0.2, 0) is 6.54 Å². The maximum Gasteiger partial charge on any atom is 0.330 e. The number of carbonyl (C=O) groups excluding carboxylic acids is 1. The summed E-state index contributed by atoms with van der Waals surface area (Å²) >= 11 is 5.94. The van der Waals surface area contributed by atoms with Crippen molar-refractivity contribution in [1.82, 2.24) is 24.4 Å². The van der Waals surface area contributed by atoms with Crippen molar-refractivity contribution in [2.75, 3.05) is 31.1 Å². The van der Waals surface area contributed by atoms with Gasteiger partial charge in [-0.3, -0.25) is 19.1 Å². The summed E-state index contributed by atoms with van der Waals surface area (Å²) in [5, 5.41) is 0.737. The molecule has 9 nitrogen and oxygen atoms in total. The van der Waals surface area contributed by atoms with Gasteiger partial charge in [0.25, 0.3) is 11.5 Å². The van der Waals surface area contributed by atoms with Crippen molar-refractivity contribution in [2.45, 2.75) is 40.2 Å². The molecule has 1 amide bonds. The number of aromatic amines is 1. The number of aromatic nitrogens is 4. The van der Waals surface area contributed by atoms with Gasteiger partial charge in [0.05, 0.1) is 16.0 Å². The largest absolute Gasteiger partial charge is 0.353 e. The van der Waals surface area contributed by atoms with Crippen LogP contribution in [0.2, 0.25) is 5.02 Å². The zero-order valence-corrected chi connectivity index (χ0v) is 20.6. The molecule has 4 heterocycles. The quantitative estimate of drug-likeness (QED) is 0.597. The van der Waals surface area contributed by atoms with Gasteiger partial charge in [0.15, 0.2) is 5.65 Å². The predicted molar refractivity (Wildman–Crippen MR) is 133 cm³/mol. The van der Waals surface area contributed by atoms with Gasteiger partial charge in [0.2, 0.25) is 0 Å². The number of hydrogen-bond donors (Lipinski definition) is 1. The molecule has 0 atom stereocenters. The number of piperazine rings is 1. The molecule has 180 valence electrons. The Balaban J connectivity index is 1.72. The number of H-pyrrole nitrogens is 1. The predicted octanol–water partition coefficient (Wildman–Crippen LogP) is 2.88. The van der Waals surface area contributed by atoms with E-state index in [1.807, 2.05) is 33.8 Å². The molecule has 0 radical (unpaired) electrons. The Labute approximate surface area is 202 Å². The van der Waals surface area contributed by atoms with Gasteiger partial charge >= 0.3 is 5.69 Å². The van der Waals surface area contributed by atoms with E-state index in [4.69, 9.17) is 11.6 Å². The number of pyridine rings is 2. The Bertz CT molecular complexity index is 1320. The van der Waals surface area contributed by atoms with Crippen LogP contribution in [0.3, 0.4) is 0 Å². The van der Waals surface area contributed by atoms with Crippen LogP contribution in [0.4, 0.5) is 5.82 Å². The standard InChI is InChI=1S/C24H29ClN6O3/c1-14(2)13-31-21-20(22(32)28-24(31)34)17(11-18(27-21)15(3)4)23(33)30-9-7-29(8-10-30)19-6-5-16(25)12-26-19/h5-6,11-12,14-15H,7-10,13H2,1-4H3,(H,28,32,34). The molecule has 0 spiro atoms. The average molecular weight is 485 g/mol. The van der Waals surface area contributed by atoms with Crippen molar-refractivity contribution in [3.05, 3.63) is 61.5 Å². The van der Waals surface area contributed by atoms with Crippen LogP contribution in [-0.4, -0.2) is 56.5 Å². The summed E-state index contributed by atoms with van der Waals surface area (Å²) in [5.41, 5.74) is 0.117. The highest BCUT2D eigenvalue weighted by Crippen LogP contribution is 2.23. The van der Waals surface area contributed by atoms with Gasteiger partial charge < -0.3 is 9.80 Å². The SMILES string of the molecule is CC(C)Cn1c(=O)[nH]c(=O)c2c(C(=O)N3CCN(c4ccc(Cl)cn4)CC3)cc(C(C)C)nc21. The first-order valence-corrected chi connectivity index (χ1v) is 11.9. The molecular weight excluding hydrogens is 456 g/mol. The maximum atomic E-state index is 13.7. The van der Waals surface area contributed by atoms with Crippen molar-refractivity contribution >= 4 is 34.4 Å². The second kappa shape index (κ2) is 9.58. The van der Waals surface area contributed by atoms with E-state index in [1.165, 1.54) is 4.57 Å². The molecule has 0 bridgehead atoms. The molecule has 1 fully saturated rings. The molecule has 1 saturated heterocycles. The molecule has 4 rings (SSSR count). The number of nitrogens with one attached hydrogen (secondary N) is 1. The molecule has 34 heavy (non-hydrogen) atoms. The van der Waals surface area contributed by atoms with Gasteiger partial charge in [0.1, 0.15) is 5.82 Å². The van der Waals surface area contributed by atoms with Crippen molar-refractivity contribution in [1.29, 1.82) is 0 Å². The fourth-order valence-electron chi connectivity index (χ4n) is 4.16. The number of carbonyl (C=O) groups is 1. The molecular formula is C24H29ClN6O3. The lowest BCUT2D eigenvalue weighted by molar-refractivity contribution is 0.0748. The molecule has 1 aliphatic heterocycles. The van der Waals surface area contributed by atoms with E-state index in [1.54, 1.807) is 23.2 Å². The minimum absolute atomic E-state index is 0.0191. The van der Waals surface area contributed by atoms with Crippen LogP contribution < -0.4 is 16.1 Å². The Morgan fingerprint density at radius 1 is 1.12 bits per heavy atom. The molecule has 3 aromatic rings. The summed E-state index contributed by atoms with van der Waals surface area (Å²) in [6.45, 7) is 10.5. The van der Waals surface area contributed by atoms with E-state index in [0.717, 1.165) is 5.82 Å². The fourth-order valence-corrected chi connectivity index (χ4v) is 4.27. The molecule has 0 aliphatic carbocycles. The minimum atomic E-state index is -0.588. The topological polar surface area (TPSA) is 104 Å². The average Bonchev–Trinajstić information content (AvgIpc) is 2.81. The van der Waals surface area contributed by atoms with Crippen molar-refractivity contribution in [3.63, 3.8) is 0 Å². The first-order valence-electron chi connectivity index (χ1n) is 11.5. The van der Waals surface area contributed by atoms with Crippen LogP contribution in [0.15, 0.2) is 34.0 Å². The third kappa shape index (κ3) is 4.70. The summed E-state index contributed by atoms with van der Waals surface area (Å²) in [7, 11) is 0. The second-order valence-electron chi connectivity index (χ2n) is 9.33. The Morgan fingerprint density at radius 3 is 2.41 bits per heavy atom. The third-order valence-electron chi connectivity index (χ3n) is 5.94. The monoisotopic (exact) mass is 484 g/mol. The first-order chi connectivity index (χ1) is 16.2. The molecule has 1 N–H and O–H groups in total. The van der Waals surface area contributed by atoms with Gasteiger partial charge in [0, 0.05) is 44.6 Å². The van der Waals surface area contributed by atoms with Crippen molar-refractivity contribution in [3.8, 4) is 0 Å². The summed E-state index contributed by atoms with van der Waals surface area (Å²) in [5.74, 6) is 0.746. The number of halogens is 1. The Hall–Kier alpha value is -3.20. The van der Waals surface area contributed by atoms with E-state index >= 15 is 0 Å². The molecule has 0 aromatic carbocycles. The zero-order chi connectivity index (χ0) is 24.6. The fraction of sp³-hybridized carbons (Fsp3) is 0.458. The second-order valence-corrected chi connectivity index (χ2v) is 9.76. The highest BCUT2D eigenvalue weighted by Gasteiger charge is 2.27. The maximum absolute atomic E-state index is 13.7. The summed E-state index contributed by atoms with van der Waals surface area (Å²) < 4.78 is 1.47. The number of rotatable bonds is 5. The van der Waals surface area contributed by atoms with E-state index in [0.29, 0.717) is 43.4 Å². The Kier molecular flexibility index (Phi) is 6.74. The number of fused-ring (bicyclic) bond motifs is 1. The van der Waals surface area contributed by atoms with Crippen LogP contribution in [0.5, 0.6) is 0 Å². The van der Waals surface area contributed by atoms with Crippen molar-refractivity contribution in [2.24, 2.45) is 5.92 Å². The normalized spacial score (nSPS) is 14.4. The van der Waals surface area contributed by atoms with Crippen LogP contribution >= 0.6 is 11.6 Å². The smallest absolute Gasteiger partial charge is 0.330 e. The number of hydrogen-bond acceptors (Lipinski definition) is 6. The molecule has 3 aromatic heterocycles. The minimum Gasteiger partial charge on any atom is -0.353 e. The number of amides is 1. The first kappa shape index (κ1) is 23.9. The molecule has 10 heteroatoms. The zero-order valence-electron chi connectivity index (χ0n) is 19.8. The van der Waals surface area contributed by atoms with Crippen LogP contribution in [0.25, 0.3) is 11.0 Å². The van der Waals surface area contributed by atoms with E-state index in [2.05, 4.69) is 19.9 Å². The molecule has 0 saturated carbocycles. The molecule has 0 unspecified atom stereocenters. The lowest BCUT2D eigenvalue weighted by atomic mass is 10.0. The van der Waals surface area contributed by atoms with Gasteiger partial charge in [-0.05, 0) is 30.0 Å². The Morgan fingerprint density at radius 2 is 1.82 bits per heavy atom. The van der Waals surface area contributed by atoms with Crippen molar-refractivity contribution < 1.29 is 4.79 Å². The summed E-state index contributed by atoms with van der Waals surface area (Å²) in [6.07, 6.45) is 1.61. The lowest BCUT2D eigenvalue weighted by Crippen LogP contribution is -2.49. The van der Waals surface area contributed by atoms with Gasteiger partial charge in [-0.25, -0.2) is 14.8 Å². The molecule has 1 aliphatic rings. The highest BCUT2D eigenvalue weighted by atomic mass is 35.5. The van der Waals surface area contributed by atoms with Gasteiger partial charge in [-0.15, -0.1) is 0 Å². The van der Waals surface area contributed by atoms with Gasteiger partial charge in [-0.1, -0.05) is 39.3 Å². The number of nitrogens with zero attached hydrogens (tertiary/aromatic N) is 5. The van der Waals surface area contributed by atoms with Crippen LogP contribution in [0, 0.1) is 5.92 Å². The van der Waals surface area contributed by atoms with E-state index in [9.17, 15) is 14.4 Å². The lowest BCUT2D eigenvalue weighted by Gasteiger charge is -2.35. The van der Waals surface area contributed by atoms with E-state index < -0.39 is 11.2 Å². The van der Waals surface area contributed by atoms with E-state index in [-0.39, 0.29) is 34.3 Å². The summed E-state index contributed by atoms with van der Waals surface area (Å²) in [4.78, 5) is 54.4. The summed E-state index contributed by atoms with van der Waals surface area (Å²) in [6, 6.07) is 5.35.